The molecule has 0 aromatic heterocycles. The molecular formula is C14H17BrO3. The zero-order valence-electron chi connectivity index (χ0n) is 10.6. The molecule has 0 aliphatic heterocycles. The van der Waals surface area contributed by atoms with E-state index in [4.69, 9.17) is 14.2 Å². The molecule has 0 N–H and O–H groups in total. The Morgan fingerprint density at radius 1 is 1.06 bits per heavy atom. The standard InChI is InChI=1S/C14H17BrO3/c1-16-10-7-11(17-2)9-12(8-10)18-14-6-4-3-5-13(14)15/h5,7-9,14H,3-4,6H2,1-2H3. The average molecular weight is 313 g/mol. The molecule has 0 spiro atoms. The largest absolute Gasteiger partial charge is 0.496 e. The zero-order chi connectivity index (χ0) is 13.0. The minimum Gasteiger partial charge on any atom is -0.496 e. The molecule has 0 radical (unpaired) electrons. The van der Waals surface area contributed by atoms with Gasteiger partial charge in [-0.1, -0.05) is 22.0 Å². The highest BCUT2D eigenvalue weighted by Crippen LogP contribution is 2.32. The molecule has 1 unspecified atom stereocenters. The van der Waals surface area contributed by atoms with Gasteiger partial charge in [-0.3, -0.25) is 0 Å². The molecule has 0 heterocycles. The fourth-order valence-electron chi connectivity index (χ4n) is 1.94. The topological polar surface area (TPSA) is 27.7 Å². The van der Waals surface area contributed by atoms with Gasteiger partial charge in [0.2, 0.25) is 0 Å². The molecule has 0 amide bonds. The first-order valence-corrected chi connectivity index (χ1v) is 6.77. The molecule has 2 rings (SSSR count). The van der Waals surface area contributed by atoms with Gasteiger partial charge in [-0.25, -0.2) is 0 Å². The molecule has 1 aliphatic carbocycles. The third kappa shape index (κ3) is 3.19. The summed E-state index contributed by atoms with van der Waals surface area (Å²) < 4.78 is 17.6. The lowest BCUT2D eigenvalue weighted by Gasteiger charge is -2.22. The second kappa shape index (κ2) is 6.14. The van der Waals surface area contributed by atoms with E-state index >= 15 is 0 Å². The van der Waals surface area contributed by atoms with E-state index in [2.05, 4.69) is 22.0 Å². The Kier molecular flexibility index (Phi) is 4.53. The van der Waals surface area contributed by atoms with Crippen LogP contribution in [0.2, 0.25) is 0 Å². The first kappa shape index (κ1) is 13.3. The number of benzene rings is 1. The Morgan fingerprint density at radius 2 is 1.67 bits per heavy atom. The van der Waals surface area contributed by atoms with E-state index < -0.39 is 0 Å². The van der Waals surface area contributed by atoms with Gasteiger partial charge in [0, 0.05) is 22.7 Å². The SMILES string of the molecule is COc1cc(OC)cc(OC2CCCC=C2Br)c1. The summed E-state index contributed by atoms with van der Waals surface area (Å²) >= 11 is 3.56. The molecular weight excluding hydrogens is 296 g/mol. The van der Waals surface area contributed by atoms with Crippen LogP contribution in [0.3, 0.4) is 0 Å². The van der Waals surface area contributed by atoms with Crippen LogP contribution in [0.25, 0.3) is 0 Å². The van der Waals surface area contributed by atoms with Crippen LogP contribution < -0.4 is 14.2 Å². The number of rotatable bonds is 4. The predicted octanol–water partition coefficient (Wildman–Crippen LogP) is 3.91. The summed E-state index contributed by atoms with van der Waals surface area (Å²) in [6.45, 7) is 0. The van der Waals surface area contributed by atoms with Crippen molar-refractivity contribution in [1.82, 2.24) is 0 Å². The second-order valence-corrected chi connectivity index (χ2v) is 5.09. The Bertz CT molecular complexity index is 420. The quantitative estimate of drug-likeness (QED) is 0.843. The lowest BCUT2D eigenvalue weighted by atomic mass is 10.1. The maximum absolute atomic E-state index is 5.98. The van der Waals surface area contributed by atoms with Gasteiger partial charge in [-0.15, -0.1) is 0 Å². The fraction of sp³-hybridized carbons (Fsp3) is 0.429. The van der Waals surface area contributed by atoms with E-state index in [9.17, 15) is 0 Å². The predicted molar refractivity (Wildman–Crippen MR) is 74.8 cm³/mol. The van der Waals surface area contributed by atoms with Crippen LogP contribution in [0.4, 0.5) is 0 Å². The van der Waals surface area contributed by atoms with Gasteiger partial charge in [0.25, 0.3) is 0 Å². The number of hydrogen-bond donors (Lipinski definition) is 0. The Morgan fingerprint density at radius 3 is 2.22 bits per heavy atom. The summed E-state index contributed by atoms with van der Waals surface area (Å²) in [6.07, 6.45) is 5.56. The number of allylic oxidation sites excluding steroid dienone is 1. The third-order valence-corrected chi connectivity index (χ3v) is 3.76. The Labute approximate surface area is 116 Å². The normalized spacial score (nSPS) is 19.1. The fourth-order valence-corrected chi connectivity index (χ4v) is 2.49. The van der Waals surface area contributed by atoms with E-state index in [1.54, 1.807) is 14.2 Å². The van der Waals surface area contributed by atoms with Crippen molar-refractivity contribution in [1.29, 1.82) is 0 Å². The number of hydrogen-bond acceptors (Lipinski definition) is 3. The number of ether oxygens (including phenoxy) is 3. The summed E-state index contributed by atoms with van der Waals surface area (Å²) in [4.78, 5) is 0. The van der Waals surface area contributed by atoms with Crippen molar-refractivity contribution in [2.45, 2.75) is 25.4 Å². The Hall–Kier alpha value is -1.16. The molecule has 0 fully saturated rings. The highest BCUT2D eigenvalue weighted by Gasteiger charge is 2.18. The number of halogens is 1. The molecule has 3 nitrogen and oxygen atoms in total. The van der Waals surface area contributed by atoms with Crippen LogP contribution in [-0.2, 0) is 0 Å². The molecule has 98 valence electrons. The van der Waals surface area contributed by atoms with E-state index in [0.29, 0.717) is 0 Å². The first-order valence-electron chi connectivity index (χ1n) is 5.98. The monoisotopic (exact) mass is 312 g/mol. The molecule has 1 aliphatic rings. The van der Waals surface area contributed by atoms with Crippen molar-refractivity contribution in [3.63, 3.8) is 0 Å². The van der Waals surface area contributed by atoms with Gasteiger partial charge in [0.05, 0.1) is 14.2 Å². The van der Waals surface area contributed by atoms with E-state index in [-0.39, 0.29) is 6.10 Å². The Balaban J connectivity index is 2.17. The van der Waals surface area contributed by atoms with Gasteiger partial charge in [-0.05, 0) is 19.3 Å². The summed E-state index contributed by atoms with van der Waals surface area (Å²) in [5.74, 6) is 2.24. The lowest BCUT2D eigenvalue weighted by molar-refractivity contribution is 0.225. The van der Waals surface area contributed by atoms with Gasteiger partial charge in [0.1, 0.15) is 23.4 Å². The molecule has 1 atom stereocenters. The maximum atomic E-state index is 5.98. The maximum Gasteiger partial charge on any atom is 0.130 e. The van der Waals surface area contributed by atoms with Gasteiger partial charge in [-0.2, -0.15) is 0 Å². The number of methoxy groups -OCH3 is 2. The van der Waals surface area contributed by atoms with Gasteiger partial charge in [0.15, 0.2) is 0 Å². The minimum atomic E-state index is 0.0931. The highest BCUT2D eigenvalue weighted by molar-refractivity contribution is 9.11. The van der Waals surface area contributed by atoms with Crippen molar-refractivity contribution < 1.29 is 14.2 Å². The van der Waals surface area contributed by atoms with Crippen molar-refractivity contribution in [2.75, 3.05) is 14.2 Å². The zero-order valence-corrected chi connectivity index (χ0v) is 12.2. The van der Waals surface area contributed by atoms with Crippen molar-refractivity contribution in [3.05, 3.63) is 28.8 Å². The van der Waals surface area contributed by atoms with Gasteiger partial charge >= 0.3 is 0 Å². The molecule has 0 saturated heterocycles. The van der Waals surface area contributed by atoms with E-state index in [0.717, 1.165) is 41.0 Å². The summed E-state index contributed by atoms with van der Waals surface area (Å²) in [5.41, 5.74) is 0. The third-order valence-electron chi connectivity index (χ3n) is 2.92. The summed E-state index contributed by atoms with van der Waals surface area (Å²) in [7, 11) is 3.27. The first-order chi connectivity index (χ1) is 8.72. The molecule has 1 aromatic carbocycles. The minimum absolute atomic E-state index is 0.0931. The molecule has 4 heteroatoms. The average Bonchev–Trinajstić information content (AvgIpc) is 2.41. The molecule has 0 bridgehead atoms. The van der Waals surface area contributed by atoms with Crippen LogP contribution in [0.1, 0.15) is 19.3 Å². The highest BCUT2D eigenvalue weighted by atomic mass is 79.9. The lowest BCUT2D eigenvalue weighted by Crippen LogP contribution is -2.19. The van der Waals surface area contributed by atoms with Crippen LogP contribution in [0.5, 0.6) is 17.2 Å². The molecule has 0 saturated carbocycles. The van der Waals surface area contributed by atoms with E-state index in [1.165, 1.54) is 0 Å². The van der Waals surface area contributed by atoms with Crippen LogP contribution in [0, 0.1) is 0 Å². The smallest absolute Gasteiger partial charge is 0.130 e. The van der Waals surface area contributed by atoms with E-state index in [1.807, 2.05) is 18.2 Å². The molecule has 1 aromatic rings. The van der Waals surface area contributed by atoms with Crippen molar-refractivity contribution in [2.24, 2.45) is 0 Å². The summed E-state index contributed by atoms with van der Waals surface area (Å²) in [6, 6.07) is 5.58. The van der Waals surface area contributed by atoms with Crippen LogP contribution in [-0.4, -0.2) is 20.3 Å². The van der Waals surface area contributed by atoms with Gasteiger partial charge < -0.3 is 14.2 Å². The molecule has 18 heavy (non-hydrogen) atoms. The van der Waals surface area contributed by atoms with Crippen LogP contribution in [0.15, 0.2) is 28.8 Å². The van der Waals surface area contributed by atoms with Crippen LogP contribution >= 0.6 is 15.9 Å². The second-order valence-electron chi connectivity index (χ2n) is 4.17. The van der Waals surface area contributed by atoms with Crippen molar-refractivity contribution in [3.8, 4) is 17.2 Å². The summed E-state index contributed by atoms with van der Waals surface area (Å²) in [5, 5.41) is 0. The van der Waals surface area contributed by atoms with Crippen molar-refractivity contribution >= 4 is 15.9 Å².